The molecule has 3 N–H and O–H groups in total. The number of rotatable bonds is 7. The summed E-state index contributed by atoms with van der Waals surface area (Å²) in [6.45, 7) is 1.28. The third kappa shape index (κ3) is 5.62. The van der Waals surface area contributed by atoms with Gasteiger partial charge in [-0.25, -0.2) is 0 Å². The lowest BCUT2D eigenvalue weighted by Gasteiger charge is -2.07. The third-order valence-corrected chi connectivity index (χ3v) is 3.50. The summed E-state index contributed by atoms with van der Waals surface area (Å²) in [7, 11) is 1.64. The van der Waals surface area contributed by atoms with Crippen LogP contribution in [-0.2, 0) is 9.53 Å². The Labute approximate surface area is 116 Å². The van der Waals surface area contributed by atoms with E-state index in [0.29, 0.717) is 29.6 Å². The first-order valence-corrected chi connectivity index (χ1v) is 6.93. The molecule has 0 aromatic heterocycles. The minimum absolute atomic E-state index is 0.00884. The Hall–Kier alpha value is -0.910. The van der Waals surface area contributed by atoms with Gasteiger partial charge < -0.3 is 15.8 Å². The Balaban J connectivity index is 2.29. The lowest BCUT2D eigenvalue weighted by molar-refractivity contribution is -0.118. The predicted molar refractivity (Wildman–Crippen MR) is 76.1 cm³/mol. The SMILES string of the molecule is COCCCNC(=O)CSc1ccc(Cl)cc1N. The van der Waals surface area contributed by atoms with Crippen LogP contribution in [-0.4, -0.2) is 31.9 Å². The summed E-state index contributed by atoms with van der Waals surface area (Å²) in [6, 6.07) is 5.26. The summed E-state index contributed by atoms with van der Waals surface area (Å²) in [5, 5.41) is 3.41. The van der Waals surface area contributed by atoms with Crippen LogP contribution in [0.3, 0.4) is 0 Å². The second-order valence-corrected chi connectivity index (χ2v) is 5.12. The van der Waals surface area contributed by atoms with E-state index >= 15 is 0 Å². The highest BCUT2D eigenvalue weighted by Gasteiger charge is 2.05. The van der Waals surface area contributed by atoms with Gasteiger partial charge in [0.15, 0.2) is 0 Å². The number of nitrogens with one attached hydrogen (secondary N) is 1. The van der Waals surface area contributed by atoms with E-state index in [2.05, 4.69) is 5.32 Å². The van der Waals surface area contributed by atoms with Crippen molar-refractivity contribution in [2.45, 2.75) is 11.3 Å². The summed E-state index contributed by atoms with van der Waals surface area (Å²) >= 11 is 7.20. The Morgan fingerprint density at radius 3 is 3.00 bits per heavy atom. The fourth-order valence-corrected chi connectivity index (χ4v) is 2.25. The molecule has 0 spiro atoms. The summed E-state index contributed by atoms with van der Waals surface area (Å²) in [4.78, 5) is 12.4. The van der Waals surface area contributed by atoms with E-state index in [1.54, 1.807) is 19.2 Å². The Morgan fingerprint density at radius 1 is 1.56 bits per heavy atom. The maximum absolute atomic E-state index is 11.5. The third-order valence-electron chi connectivity index (χ3n) is 2.18. The maximum Gasteiger partial charge on any atom is 0.230 e. The molecule has 0 unspecified atom stereocenters. The van der Waals surface area contributed by atoms with Crippen LogP contribution in [0.5, 0.6) is 0 Å². The smallest absolute Gasteiger partial charge is 0.230 e. The molecule has 0 aliphatic heterocycles. The molecule has 0 saturated heterocycles. The highest BCUT2D eigenvalue weighted by atomic mass is 35.5. The van der Waals surface area contributed by atoms with Crippen molar-refractivity contribution in [2.24, 2.45) is 0 Å². The van der Waals surface area contributed by atoms with Crippen LogP contribution in [0.4, 0.5) is 5.69 Å². The van der Waals surface area contributed by atoms with Gasteiger partial charge >= 0.3 is 0 Å². The number of hydrogen-bond donors (Lipinski definition) is 2. The number of nitrogens with two attached hydrogens (primary N) is 1. The zero-order valence-electron chi connectivity index (χ0n) is 10.2. The van der Waals surface area contributed by atoms with Crippen LogP contribution < -0.4 is 11.1 Å². The van der Waals surface area contributed by atoms with Gasteiger partial charge in [0.1, 0.15) is 0 Å². The second kappa shape index (κ2) is 8.24. The number of carbonyl (C=O) groups is 1. The van der Waals surface area contributed by atoms with E-state index in [1.165, 1.54) is 11.8 Å². The van der Waals surface area contributed by atoms with Gasteiger partial charge in [-0.05, 0) is 24.6 Å². The molecule has 1 rings (SSSR count). The highest BCUT2D eigenvalue weighted by Crippen LogP contribution is 2.27. The van der Waals surface area contributed by atoms with Crippen LogP contribution in [0.25, 0.3) is 0 Å². The number of amides is 1. The standard InChI is InChI=1S/C12H17ClN2O2S/c1-17-6-2-5-15-12(16)8-18-11-4-3-9(13)7-10(11)14/h3-4,7H,2,5-6,8,14H2,1H3,(H,15,16). The number of benzene rings is 1. The van der Waals surface area contributed by atoms with E-state index in [4.69, 9.17) is 22.1 Å². The van der Waals surface area contributed by atoms with Crippen LogP contribution in [0.1, 0.15) is 6.42 Å². The lowest BCUT2D eigenvalue weighted by Crippen LogP contribution is -2.26. The van der Waals surface area contributed by atoms with E-state index in [1.807, 2.05) is 6.07 Å². The van der Waals surface area contributed by atoms with Crippen LogP contribution >= 0.6 is 23.4 Å². The normalized spacial score (nSPS) is 10.3. The first-order valence-electron chi connectivity index (χ1n) is 5.57. The van der Waals surface area contributed by atoms with Crippen LogP contribution in [0, 0.1) is 0 Å². The van der Waals surface area contributed by atoms with Gasteiger partial charge in [0, 0.05) is 35.9 Å². The highest BCUT2D eigenvalue weighted by molar-refractivity contribution is 8.00. The molecule has 0 aliphatic rings. The molecule has 0 saturated carbocycles. The van der Waals surface area contributed by atoms with Gasteiger partial charge in [-0.1, -0.05) is 11.6 Å². The van der Waals surface area contributed by atoms with Gasteiger partial charge in [0.05, 0.1) is 5.75 Å². The molecule has 0 fully saturated rings. The number of anilines is 1. The zero-order valence-corrected chi connectivity index (χ0v) is 11.8. The van der Waals surface area contributed by atoms with Crippen molar-refractivity contribution in [3.05, 3.63) is 23.2 Å². The monoisotopic (exact) mass is 288 g/mol. The summed E-state index contributed by atoms with van der Waals surface area (Å²) in [5.74, 6) is 0.337. The topological polar surface area (TPSA) is 64.3 Å². The Bertz CT molecular complexity index is 402. The number of halogens is 1. The fourth-order valence-electron chi connectivity index (χ4n) is 1.29. The van der Waals surface area contributed by atoms with E-state index in [9.17, 15) is 4.79 Å². The van der Waals surface area contributed by atoms with Crippen molar-refractivity contribution >= 4 is 35.0 Å². The molecule has 0 atom stereocenters. The van der Waals surface area contributed by atoms with Crippen molar-refractivity contribution in [3.8, 4) is 0 Å². The summed E-state index contributed by atoms with van der Waals surface area (Å²) in [6.07, 6.45) is 0.815. The molecule has 18 heavy (non-hydrogen) atoms. The van der Waals surface area contributed by atoms with E-state index in [0.717, 1.165) is 11.3 Å². The van der Waals surface area contributed by atoms with Gasteiger partial charge in [-0.2, -0.15) is 0 Å². The van der Waals surface area contributed by atoms with Crippen LogP contribution in [0.2, 0.25) is 5.02 Å². The first-order chi connectivity index (χ1) is 8.63. The van der Waals surface area contributed by atoms with Crippen molar-refractivity contribution in [1.82, 2.24) is 5.32 Å². The van der Waals surface area contributed by atoms with Gasteiger partial charge in [-0.3, -0.25) is 4.79 Å². The number of thioether (sulfide) groups is 1. The zero-order chi connectivity index (χ0) is 13.4. The van der Waals surface area contributed by atoms with Crippen molar-refractivity contribution in [2.75, 3.05) is 31.7 Å². The number of ether oxygens (including phenoxy) is 1. The molecule has 6 heteroatoms. The first kappa shape index (κ1) is 15.1. The molecule has 1 amide bonds. The van der Waals surface area contributed by atoms with Gasteiger partial charge in [-0.15, -0.1) is 11.8 Å². The van der Waals surface area contributed by atoms with Crippen molar-refractivity contribution in [3.63, 3.8) is 0 Å². The van der Waals surface area contributed by atoms with E-state index < -0.39 is 0 Å². The van der Waals surface area contributed by atoms with Crippen LogP contribution in [0.15, 0.2) is 23.1 Å². The number of hydrogen-bond acceptors (Lipinski definition) is 4. The molecule has 0 aliphatic carbocycles. The molecule has 1 aromatic rings. The quantitative estimate of drug-likeness (QED) is 0.458. The van der Waals surface area contributed by atoms with Gasteiger partial charge in [0.2, 0.25) is 5.91 Å². The molecular weight excluding hydrogens is 272 g/mol. The average Bonchev–Trinajstić information content (AvgIpc) is 2.33. The van der Waals surface area contributed by atoms with E-state index in [-0.39, 0.29) is 5.91 Å². The maximum atomic E-state index is 11.5. The second-order valence-electron chi connectivity index (χ2n) is 3.67. The Kier molecular flexibility index (Phi) is 6.93. The number of carbonyl (C=O) groups excluding carboxylic acids is 1. The minimum atomic E-state index is -0.00884. The predicted octanol–water partition coefficient (Wildman–Crippen LogP) is 2.17. The largest absolute Gasteiger partial charge is 0.398 e. The molecule has 100 valence electrons. The molecular formula is C12H17ClN2O2S. The molecule has 0 bridgehead atoms. The van der Waals surface area contributed by atoms with Gasteiger partial charge in [0.25, 0.3) is 0 Å². The number of nitrogen functional groups attached to an aromatic ring is 1. The average molecular weight is 289 g/mol. The molecule has 0 heterocycles. The summed E-state index contributed by atoms with van der Waals surface area (Å²) in [5.41, 5.74) is 6.39. The molecule has 1 aromatic carbocycles. The lowest BCUT2D eigenvalue weighted by atomic mass is 10.3. The molecule has 0 radical (unpaired) electrons. The summed E-state index contributed by atoms with van der Waals surface area (Å²) < 4.78 is 4.89. The van der Waals surface area contributed by atoms with Crippen molar-refractivity contribution < 1.29 is 9.53 Å². The minimum Gasteiger partial charge on any atom is -0.398 e. The number of methoxy groups -OCH3 is 1. The Morgan fingerprint density at radius 2 is 2.33 bits per heavy atom. The fraction of sp³-hybridized carbons (Fsp3) is 0.417. The molecule has 4 nitrogen and oxygen atoms in total. The van der Waals surface area contributed by atoms with Crippen molar-refractivity contribution in [1.29, 1.82) is 0 Å².